The normalized spacial score (nSPS) is 23.7. The quantitative estimate of drug-likeness (QED) is 0.847. The number of methoxy groups -OCH3 is 1. The molecule has 6 heteroatoms. The van der Waals surface area contributed by atoms with Gasteiger partial charge in [-0.3, -0.25) is 9.80 Å². The van der Waals surface area contributed by atoms with E-state index >= 15 is 0 Å². The molecule has 0 bridgehead atoms. The summed E-state index contributed by atoms with van der Waals surface area (Å²) in [4.78, 5) is 4.83. The Morgan fingerprint density at radius 2 is 2.08 bits per heavy atom. The van der Waals surface area contributed by atoms with E-state index in [2.05, 4.69) is 9.80 Å². The molecule has 2 saturated heterocycles. The number of piperazine rings is 1. The van der Waals surface area contributed by atoms with Crippen molar-refractivity contribution in [2.45, 2.75) is 37.9 Å². The van der Waals surface area contributed by atoms with Crippen molar-refractivity contribution in [2.75, 3.05) is 46.6 Å². The van der Waals surface area contributed by atoms with Gasteiger partial charge in [0.05, 0.1) is 7.11 Å². The van der Waals surface area contributed by atoms with Crippen molar-refractivity contribution >= 4 is 0 Å². The summed E-state index contributed by atoms with van der Waals surface area (Å²) in [6, 6.07) is 5.87. The summed E-state index contributed by atoms with van der Waals surface area (Å²) >= 11 is 0. The van der Waals surface area contributed by atoms with E-state index < -0.39 is 0 Å². The number of hydrogen-bond donors (Lipinski definition) is 1. The van der Waals surface area contributed by atoms with E-state index in [1.54, 1.807) is 19.2 Å². The molecule has 2 fully saturated rings. The smallest absolute Gasteiger partial charge is 0.131 e. The van der Waals surface area contributed by atoms with Gasteiger partial charge in [0.1, 0.15) is 11.6 Å². The summed E-state index contributed by atoms with van der Waals surface area (Å²) in [6.07, 6.45) is 2.88. The van der Waals surface area contributed by atoms with Gasteiger partial charge in [0.15, 0.2) is 0 Å². The lowest BCUT2D eigenvalue weighted by Crippen LogP contribution is -2.56. The van der Waals surface area contributed by atoms with Crippen LogP contribution in [-0.4, -0.2) is 73.6 Å². The molecule has 0 unspecified atom stereocenters. The van der Waals surface area contributed by atoms with Crippen LogP contribution in [0.3, 0.4) is 0 Å². The van der Waals surface area contributed by atoms with E-state index in [9.17, 15) is 9.50 Å². The summed E-state index contributed by atoms with van der Waals surface area (Å²) in [5.41, 5.74) is 0.684. The van der Waals surface area contributed by atoms with Crippen LogP contribution in [0.2, 0.25) is 0 Å². The van der Waals surface area contributed by atoms with Crippen molar-refractivity contribution in [1.82, 2.24) is 9.80 Å². The van der Waals surface area contributed by atoms with Crippen LogP contribution in [0.4, 0.5) is 4.39 Å². The standard InChI is InChI=1S/C19H29FN2O3/c1-24-18-3-2-15(19(20)12-18)13-21-7-8-22(14-17(21)4-9-23)16-5-10-25-11-6-16/h2-3,12,16-17,23H,4-11,13-14H2,1H3/t17-/m1/s1. The maximum absolute atomic E-state index is 14.3. The molecule has 2 aliphatic rings. The Balaban J connectivity index is 1.64. The highest BCUT2D eigenvalue weighted by atomic mass is 19.1. The number of halogens is 1. The minimum absolute atomic E-state index is 0.161. The Morgan fingerprint density at radius 3 is 2.76 bits per heavy atom. The number of nitrogens with zero attached hydrogens (tertiary/aromatic N) is 2. The summed E-state index contributed by atoms with van der Waals surface area (Å²) in [7, 11) is 1.54. The fourth-order valence-corrected chi connectivity index (χ4v) is 3.93. The molecule has 140 valence electrons. The molecular weight excluding hydrogens is 323 g/mol. The zero-order valence-electron chi connectivity index (χ0n) is 15.0. The predicted octanol–water partition coefficient (Wildman–Crippen LogP) is 1.88. The van der Waals surface area contributed by atoms with E-state index in [0.717, 1.165) is 52.1 Å². The maximum Gasteiger partial charge on any atom is 0.131 e. The Hall–Kier alpha value is -1.21. The van der Waals surface area contributed by atoms with Gasteiger partial charge in [0.25, 0.3) is 0 Å². The molecular formula is C19H29FN2O3. The lowest BCUT2D eigenvalue weighted by Gasteiger charge is -2.45. The molecule has 3 rings (SSSR count). The molecule has 0 spiro atoms. The van der Waals surface area contributed by atoms with Crippen LogP contribution in [0.25, 0.3) is 0 Å². The second-order valence-corrected chi connectivity index (χ2v) is 6.93. The SMILES string of the molecule is COc1ccc(CN2CCN(C3CCOCC3)C[C@H]2CCO)c(F)c1. The highest BCUT2D eigenvalue weighted by Crippen LogP contribution is 2.24. The Morgan fingerprint density at radius 1 is 1.28 bits per heavy atom. The second kappa shape index (κ2) is 8.94. The molecule has 5 nitrogen and oxygen atoms in total. The van der Waals surface area contributed by atoms with Gasteiger partial charge < -0.3 is 14.6 Å². The minimum Gasteiger partial charge on any atom is -0.497 e. The van der Waals surface area contributed by atoms with Crippen molar-refractivity contribution in [3.8, 4) is 5.75 Å². The first-order valence-electron chi connectivity index (χ1n) is 9.20. The molecule has 1 atom stereocenters. The molecule has 1 aromatic carbocycles. The monoisotopic (exact) mass is 352 g/mol. The zero-order chi connectivity index (χ0) is 17.6. The average Bonchev–Trinajstić information content (AvgIpc) is 2.65. The molecule has 0 radical (unpaired) electrons. The minimum atomic E-state index is -0.228. The molecule has 1 aromatic rings. The van der Waals surface area contributed by atoms with Crippen molar-refractivity contribution < 1.29 is 19.0 Å². The highest BCUT2D eigenvalue weighted by Gasteiger charge is 2.31. The topological polar surface area (TPSA) is 45.2 Å². The van der Waals surface area contributed by atoms with Gasteiger partial charge in [0, 0.05) is 69.7 Å². The third kappa shape index (κ3) is 4.70. The number of aliphatic hydroxyl groups is 1. The molecule has 1 N–H and O–H groups in total. The predicted molar refractivity (Wildman–Crippen MR) is 94.3 cm³/mol. The number of rotatable bonds is 6. The lowest BCUT2D eigenvalue weighted by atomic mass is 10.0. The van der Waals surface area contributed by atoms with Gasteiger partial charge in [0.2, 0.25) is 0 Å². The number of benzene rings is 1. The van der Waals surface area contributed by atoms with Crippen LogP contribution in [-0.2, 0) is 11.3 Å². The van der Waals surface area contributed by atoms with Crippen LogP contribution in [0.15, 0.2) is 18.2 Å². The third-order valence-corrected chi connectivity index (χ3v) is 5.44. The van der Waals surface area contributed by atoms with Crippen LogP contribution >= 0.6 is 0 Å². The van der Waals surface area contributed by atoms with E-state index in [-0.39, 0.29) is 18.5 Å². The van der Waals surface area contributed by atoms with Crippen LogP contribution in [0.5, 0.6) is 5.75 Å². The summed E-state index contributed by atoms with van der Waals surface area (Å²) < 4.78 is 24.8. The second-order valence-electron chi connectivity index (χ2n) is 6.93. The zero-order valence-corrected chi connectivity index (χ0v) is 15.0. The first kappa shape index (κ1) is 18.6. The average molecular weight is 352 g/mol. The molecule has 0 aliphatic carbocycles. The first-order valence-corrected chi connectivity index (χ1v) is 9.20. The van der Waals surface area contributed by atoms with Gasteiger partial charge in [-0.15, -0.1) is 0 Å². The van der Waals surface area contributed by atoms with Crippen molar-refractivity contribution in [1.29, 1.82) is 0 Å². The summed E-state index contributed by atoms with van der Waals surface area (Å²) in [5.74, 6) is 0.312. The van der Waals surface area contributed by atoms with Gasteiger partial charge >= 0.3 is 0 Å². The maximum atomic E-state index is 14.3. The van der Waals surface area contributed by atoms with E-state index in [0.29, 0.717) is 23.9 Å². The van der Waals surface area contributed by atoms with Gasteiger partial charge in [-0.1, -0.05) is 6.07 Å². The van der Waals surface area contributed by atoms with Gasteiger partial charge in [-0.05, 0) is 25.3 Å². The van der Waals surface area contributed by atoms with Crippen LogP contribution < -0.4 is 4.74 Å². The Labute approximate surface area is 149 Å². The van der Waals surface area contributed by atoms with Crippen molar-refractivity contribution in [3.63, 3.8) is 0 Å². The number of hydrogen-bond acceptors (Lipinski definition) is 5. The molecule has 0 saturated carbocycles. The molecule has 0 aromatic heterocycles. The molecule has 2 heterocycles. The van der Waals surface area contributed by atoms with Gasteiger partial charge in [-0.25, -0.2) is 4.39 Å². The summed E-state index contributed by atoms with van der Waals surface area (Å²) in [6.45, 7) is 5.23. The fraction of sp³-hybridized carbons (Fsp3) is 0.684. The fourth-order valence-electron chi connectivity index (χ4n) is 3.93. The molecule has 2 aliphatic heterocycles. The Kier molecular flexibility index (Phi) is 6.64. The van der Waals surface area contributed by atoms with Crippen molar-refractivity contribution in [3.05, 3.63) is 29.6 Å². The largest absolute Gasteiger partial charge is 0.497 e. The van der Waals surface area contributed by atoms with Crippen molar-refractivity contribution in [2.24, 2.45) is 0 Å². The Bertz CT molecular complexity index is 551. The highest BCUT2D eigenvalue weighted by molar-refractivity contribution is 5.29. The number of aliphatic hydroxyl groups excluding tert-OH is 1. The third-order valence-electron chi connectivity index (χ3n) is 5.44. The molecule has 0 amide bonds. The summed E-state index contributed by atoms with van der Waals surface area (Å²) in [5, 5.41) is 9.47. The van der Waals surface area contributed by atoms with Crippen LogP contribution in [0, 0.1) is 5.82 Å². The van der Waals surface area contributed by atoms with E-state index in [4.69, 9.17) is 9.47 Å². The van der Waals surface area contributed by atoms with Gasteiger partial charge in [-0.2, -0.15) is 0 Å². The van der Waals surface area contributed by atoms with Crippen LogP contribution in [0.1, 0.15) is 24.8 Å². The lowest BCUT2D eigenvalue weighted by molar-refractivity contribution is -0.0119. The first-order chi connectivity index (χ1) is 12.2. The number of ether oxygens (including phenoxy) is 2. The molecule has 25 heavy (non-hydrogen) atoms. The van der Waals surface area contributed by atoms with E-state index in [1.165, 1.54) is 6.07 Å². The van der Waals surface area contributed by atoms with E-state index in [1.807, 2.05) is 0 Å².